The van der Waals surface area contributed by atoms with Gasteiger partial charge in [0.15, 0.2) is 12.1 Å². The van der Waals surface area contributed by atoms with Crippen molar-refractivity contribution in [3.05, 3.63) is 0 Å². The molecule has 0 saturated carbocycles. The van der Waals surface area contributed by atoms with Gasteiger partial charge in [0.2, 0.25) is 0 Å². The van der Waals surface area contributed by atoms with Crippen LogP contribution in [0.2, 0.25) is 0 Å². The zero-order chi connectivity index (χ0) is 11.3. The highest BCUT2D eigenvalue weighted by molar-refractivity contribution is 5.02. The number of methoxy groups -OCH3 is 1. The third-order valence-electron chi connectivity index (χ3n) is 3.32. The molecule has 0 aromatic heterocycles. The van der Waals surface area contributed by atoms with Crippen molar-refractivity contribution in [1.82, 2.24) is 0 Å². The molecule has 2 aliphatic rings. The molecule has 2 heterocycles. The molecular formula is C11H20O4. The van der Waals surface area contributed by atoms with Crippen LogP contribution < -0.4 is 0 Å². The quantitative estimate of drug-likeness (QED) is 0.703. The van der Waals surface area contributed by atoms with E-state index >= 15 is 0 Å². The van der Waals surface area contributed by atoms with Crippen molar-refractivity contribution in [3.8, 4) is 0 Å². The molecule has 0 bridgehead atoms. The number of ether oxygens (including phenoxy) is 4. The summed E-state index contributed by atoms with van der Waals surface area (Å²) in [5.74, 6) is -0.535. The third-order valence-corrected chi connectivity index (χ3v) is 3.32. The lowest BCUT2D eigenvalue weighted by molar-refractivity contribution is -0.247. The molecule has 2 rings (SSSR count). The molecule has 2 aliphatic heterocycles. The highest BCUT2D eigenvalue weighted by Gasteiger charge is 2.60. The summed E-state index contributed by atoms with van der Waals surface area (Å²) in [6, 6.07) is 0. The summed E-state index contributed by atoms with van der Waals surface area (Å²) in [6.45, 7) is 7.99. The van der Waals surface area contributed by atoms with Crippen molar-refractivity contribution in [2.75, 3.05) is 7.11 Å². The van der Waals surface area contributed by atoms with Gasteiger partial charge in [-0.3, -0.25) is 0 Å². The van der Waals surface area contributed by atoms with Crippen LogP contribution >= 0.6 is 0 Å². The smallest absolute Gasteiger partial charge is 0.186 e. The van der Waals surface area contributed by atoms with Crippen LogP contribution in [-0.4, -0.2) is 37.0 Å². The molecule has 0 aliphatic carbocycles. The van der Waals surface area contributed by atoms with Crippen LogP contribution in [0.15, 0.2) is 0 Å². The summed E-state index contributed by atoms with van der Waals surface area (Å²) >= 11 is 0. The standard InChI is InChI=1S/C11H20O4/c1-6-11(4)8-7(9(12-5)15-11)13-10(2,3)14-8/h7-9H,6H2,1-5H3/t7-,8?,9+,11+/m0/s1. The maximum absolute atomic E-state index is 5.88. The molecule has 0 spiro atoms. The second-order valence-electron chi connectivity index (χ2n) is 4.91. The zero-order valence-electron chi connectivity index (χ0n) is 10.1. The van der Waals surface area contributed by atoms with E-state index in [1.807, 2.05) is 13.8 Å². The lowest BCUT2D eigenvalue weighted by Crippen LogP contribution is -2.39. The minimum absolute atomic E-state index is 0.0394. The van der Waals surface area contributed by atoms with Gasteiger partial charge >= 0.3 is 0 Å². The maximum Gasteiger partial charge on any atom is 0.186 e. The van der Waals surface area contributed by atoms with Crippen LogP contribution in [0.4, 0.5) is 0 Å². The Kier molecular flexibility index (Phi) is 2.58. The van der Waals surface area contributed by atoms with Crippen molar-refractivity contribution in [2.45, 2.75) is 64.0 Å². The first-order valence-electron chi connectivity index (χ1n) is 5.48. The predicted octanol–water partition coefficient (Wildman–Crippen LogP) is 1.68. The van der Waals surface area contributed by atoms with E-state index in [2.05, 4.69) is 13.8 Å². The maximum atomic E-state index is 5.88. The largest absolute Gasteiger partial charge is 0.353 e. The minimum atomic E-state index is -0.535. The van der Waals surface area contributed by atoms with Crippen LogP contribution in [0.5, 0.6) is 0 Å². The average Bonchev–Trinajstić information content (AvgIpc) is 2.61. The molecule has 0 amide bonds. The van der Waals surface area contributed by atoms with Crippen LogP contribution in [-0.2, 0) is 18.9 Å². The monoisotopic (exact) mass is 216 g/mol. The van der Waals surface area contributed by atoms with Crippen LogP contribution in [0.3, 0.4) is 0 Å². The van der Waals surface area contributed by atoms with Gasteiger partial charge in [0.25, 0.3) is 0 Å². The molecule has 2 fully saturated rings. The van der Waals surface area contributed by atoms with Crippen LogP contribution in [0.1, 0.15) is 34.1 Å². The van der Waals surface area contributed by atoms with Gasteiger partial charge in [-0.15, -0.1) is 0 Å². The summed E-state index contributed by atoms with van der Waals surface area (Å²) < 4.78 is 22.8. The molecule has 4 heteroatoms. The van der Waals surface area contributed by atoms with E-state index < -0.39 is 5.79 Å². The Balaban J connectivity index is 2.23. The highest BCUT2D eigenvalue weighted by atomic mass is 16.8. The number of hydrogen-bond donors (Lipinski definition) is 0. The van der Waals surface area contributed by atoms with E-state index in [1.165, 1.54) is 0 Å². The molecule has 0 radical (unpaired) electrons. The topological polar surface area (TPSA) is 36.9 Å². The second kappa shape index (κ2) is 3.42. The van der Waals surface area contributed by atoms with E-state index in [-0.39, 0.29) is 24.1 Å². The van der Waals surface area contributed by atoms with Crippen molar-refractivity contribution >= 4 is 0 Å². The molecule has 4 atom stereocenters. The second-order valence-corrected chi connectivity index (χ2v) is 4.91. The predicted molar refractivity (Wildman–Crippen MR) is 54.4 cm³/mol. The normalized spacial score (nSPS) is 48.2. The first-order valence-corrected chi connectivity index (χ1v) is 5.48. The third kappa shape index (κ3) is 1.69. The summed E-state index contributed by atoms with van der Waals surface area (Å²) in [5, 5.41) is 0. The Hall–Kier alpha value is -0.160. The molecule has 0 N–H and O–H groups in total. The molecular weight excluding hydrogens is 196 g/mol. The van der Waals surface area contributed by atoms with Gasteiger partial charge in [0.05, 0.1) is 5.60 Å². The fourth-order valence-corrected chi connectivity index (χ4v) is 2.33. The molecule has 1 unspecified atom stereocenters. The number of rotatable bonds is 2. The first-order chi connectivity index (χ1) is 6.92. The fourth-order valence-electron chi connectivity index (χ4n) is 2.33. The fraction of sp³-hybridized carbons (Fsp3) is 1.00. The summed E-state index contributed by atoms with van der Waals surface area (Å²) in [5.41, 5.74) is -0.306. The van der Waals surface area contributed by atoms with Gasteiger partial charge in [0.1, 0.15) is 12.2 Å². The Morgan fingerprint density at radius 1 is 1.13 bits per heavy atom. The molecule has 4 nitrogen and oxygen atoms in total. The summed E-state index contributed by atoms with van der Waals surface area (Å²) in [6.07, 6.45) is 0.409. The van der Waals surface area contributed by atoms with E-state index in [0.717, 1.165) is 6.42 Å². The average molecular weight is 216 g/mol. The van der Waals surface area contributed by atoms with Gasteiger partial charge in [-0.1, -0.05) is 6.92 Å². The summed E-state index contributed by atoms with van der Waals surface area (Å²) in [4.78, 5) is 0. The van der Waals surface area contributed by atoms with E-state index in [4.69, 9.17) is 18.9 Å². The van der Waals surface area contributed by atoms with Crippen molar-refractivity contribution < 1.29 is 18.9 Å². The summed E-state index contributed by atoms with van der Waals surface area (Å²) in [7, 11) is 1.64. The Morgan fingerprint density at radius 2 is 1.80 bits per heavy atom. The van der Waals surface area contributed by atoms with E-state index in [1.54, 1.807) is 7.11 Å². The van der Waals surface area contributed by atoms with Gasteiger partial charge in [-0.25, -0.2) is 0 Å². The zero-order valence-corrected chi connectivity index (χ0v) is 10.1. The van der Waals surface area contributed by atoms with Crippen LogP contribution in [0.25, 0.3) is 0 Å². The molecule has 0 aromatic rings. The SMILES string of the molecule is CC[C@@]1(C)O[C@@H](OC)[C@H]2OC(C)(C)OC21. The van der Waals surface area contributed by atoms with Crippen LogP contribution in [0, 0.1) is 0 Å². The Labute approximate surface area is 90.8 Å². The van der Waals surface area contributed by atoms with Gasteiger partial charge in [-0.2, -0.15) is 0 Å². The molecule has 2 saturated heterocycles. The van der Waals surface area contributed by atoms with Gasteiger partial charge < -0.3 is 18.9 Å². The number of hydrogen-bond acceptors (Lipinski definition) is 4. The van der Waals surface area contributed by atoms with Crippen molar-refractivity contribution in [1.29, 1.82) is 0 Å². The molecule has 0 aromatic carbocycles. The lowest BCUT2D eigenvalue weighted by Gasteiger charge is -2.30. The minimum Gasteiger partial charge on any atom is -0.353 e. The first kappa shape index (κ1) is 11.3. The van der Waals surface area contributed by atoms with E-state index in [9.17, 15) is 0 Å². The van der Waals surface area contributed by atoms with Gasteiger partial charge in [-0.05, 0) is 27.2 Å². The lowest BCUT2D eigenvalue weighted by atomic mass is 9.95. The Morgan fingerprint density at radius 3 is 2.33 bits per heavy atom. The van der Waals surface area contributed by atoms with Gasteiger partial charge in [0, 0.05) is 7.11 Å². The number of fused-ring (bicyclic) bond motifs is 1. The van der Waals surface area contributed by atoms with E-state index in [0.29, 0.717) is 0 Å². The van der Waals surface area contributed by atoms with Crippen molar-refractivity contribution in [3.63, 3.8) is 0 Å². The molecule has 15 heavy (non-hydrogen) atoms. The molecule has 88 valence electrons. The van der Waals surface area contributed by atoms with Crippen molar-refractivity contribution in [2.24, 2.45) is 0 Å². The Bertz CT molecular complexity index is 253. The highest BCUT2D eigenvalue weighted by Crippen LogP contribution is 2.45.